The fourth-order valence-corrected chi connectivity index (χ4v) is 3.52. The molecule has 0 saturated heterocycles. The molecule has 3 rings (SSSR count). The van der Waals surface area contributed by atoms with Crippen LogP contribution in [-0.2, 0) is 0 Å². The molecule has 21 heavy (non-hydrogen) atoms. The van der Waals surface area contributed by atoms with Gasteiger partial charge in [0.15, 0.2) is 5.06 Å². The molecule has 0 radical (unpaired) electrons. The van der Waals surface area contributed by atoms with Crippen LogP contribution in [0.3, 0.4) is 0 Å². The molecule has 3 aromatic rings. The molecule has 4 heteroatoms. The highest BCUT2D eigenvalue weighted by Gasteiger charge is 1.97. The van der Waals surface area contributed by atoms with E-state index in [1.165, 1.54) is 0 Å². The van der Waals surface area contributed by atoms with Crippen molar-refractivity contribution in [3.63, 3.8) is 0 Å². The van der Waals surface area contributed by atoms with Crippen LogP contribution in [0.25, 0.3) is 0 Å². The Labute approximate surface area is 135 Å². The van der Waals surface area contributed by atoms with Gasteiger partial charge in [-0.2, -0.15) is 0 Å². The van der Waals surface area contributed by atoms with Crippen LogP contribution >= 0.6 is 34.0 Å². The lowest BCUT2D eigenvalue weighted by atomic mass is 10.4. The molecule has 0 aliphatic carbocycles. The van der Waals surface area contributed by atoms with Gasteiger partial charge in [-0.1, -0.05) is 17.4 Å². The number of ether oxygens (including phenoxy) is 1. The highest BCUT2D eigenvalue weighted by molar-refractivity contribution is 7.14. The number of thiophene rings is 3. The summed E-state index contributed by atoms with van der Waals surface area (Å²) in [5.41, 5.74) is 0. The second kappa shape index (κ2) is 6.65. The molecule has 0 amide bonds. The summed E-state index contributed by atoms with van der Waals surface area (Å²) in [6, 6.07) is 12.0. The lowest BCUT2D eigenvalue weighted by Gasteiger charge is -1.87. The van der Waals surface area contributed by atoms with Crippen molar-refractivity contribution in [1.82, 2.24) is 0 Å². The Morgan fingerprint density at radius 1 is 0.762 bits per heavy atom. The van der Waals surface area contributed by atoms with Crippen molar-refractivity contribution >= 4 is 34.0 Å². The zero-order chi connectivity index (χ0) is 14.5. The van der Waals surface area contributed by atoms with Crippen LogP contribution in [0.5, 0.6) is 5.06 Å². The molecule has 0 atom stereocenters. The van der Waals surface area contributed by atoms with E-state index < -0.39 is 0 Å². The molecule has 0 aromatic carbocycles. The lowest BCUT2D eigenvalue weighted by molar-refractivity contribution is 0.427. The summed E-state index contributed by atoms with van der Waals surface area (Å²) in [4.78, 5) is 4.16. The molecular formula is C17H10OS3. The van der Waals surface area contributed by atoms with Crippen molar-refractivity contribution in [2.24, 2.45) is 0 Å². The van der Waals surface area contributed by atoms with Crippen molar-refractivity contribution in [3.8, 4) is 28.7 Å². The zero-order valence-electron chi connectivity index (χ0n) is 11.2. The summed E-state index contributed by atoms with van der Waals surface area (Å²) >= 11 is 4.82. The van der Waals surface area contributed by atoms with Gasteiger partial charge in [-0.05, 0) is 59.4 Å². The second-order valence-electron chi connectivity index (χ2n) is 3.96. The van der Waals surface area contributed by atoms with Gasteiger partial charge in [-0.25, -0.2) is 0 Å². The van der Waals surface area contributed by atoms with Gasteiger partial charge in [0.2, 0.25) is 0 Å². The molecular weight excluding hydrogens is 316 g/mol. The monoisotopic (exact) mass is 326 g/mol. The van der Waals surface area contributed by atoms with E-state index in [-0.39, 0.29) is 0 Å². The first-order valence-electron chi connectivity index (χ1n) is 6.15. The van der Waals surface area contributed by atoms with Crippen molar-refractivity contribution < 1.29 is 4.74 Å². The maximum atomic E-state index is 5.15. The number of rotatable bonds is 1. The molecule has 0 saturated carbocycles. The molecule has 0 spiro atoms. The van der Waals surface area contributed by atoms with Crippen molar-refractivity contribution in [2.75, 3.05) is 7.11 Å². The van der Waals surface area contributed by atoms with Gasteiger partial charge in [0.25, 0.3) is 0 Å². The molecule has 3 aromatic heterocycles. The van der Waals surface area contributed by atoms with E-state index in [2.05, 4.69) is 23.7 Å². The van der Waals surface area contributed by atoms with Gasteiger partial charge in [0.1, 0.15) is 0 Å². The molecule has 102 valence electrons. The Bertz CT molecular complexity index is 845. The average Bonchev–Trinajstić information content (AvgIpc) is 3.24. The summed E-state index contributed by atoms with van der Waals surface area (Å²) in [6.07, 6.45) is 0. The maximum Gasteiger partial charge on any atom is 0.174 e. The highest BCUT2D eigenvalue weighted by atomic mass is 32.1. The molecule has 0 aliphatic rings. The van der Waals surface area contributed by atoms with E-state index in [1.807, 2.05) is 41.8 Å². The summed E-state index contributed by atoms with van der Waals surface area (Å²) < 4.78 is 5.15. The standard InChI is InChI=1S/C17H10OS3/c1-18-17-11-10-16(21-17)9-8-15-7-6-14(20-15)5-4-13-3-2-12-19-13/h2-3,6-7,10-12H,1H3. The van der Waals surface area contributed by atoms with Crippen molar-refractivity contribution in [2.45, 2.75) is 0 Å². The molecule has 3 heterocycles. The van der Waals surface area contributed by atoms with Crippen LogP contribution < -0.4 is 4.74 Å². The first-order chi connectivity index (χ1) is 10.3. The number of hydrogen-bond acceptors (Lipinski definition) is 4. The summed E-state index contributed by atoms with van der Waals surface area (Å²) in [7, 11) is 1.67. The van der Waals surface area contributed by atoms with Crippen LogP contribution in [0, 0.1) is 23.7 Å². The Morgan fingerprint density at radius 3 is 1.95 bits per heavy atom. The van der Waals surface area contributed by atoms with Crippen molar-refractivity contribution in [1.29, 1.82) is 0 Å². The number of hydrogen-bond donors (Lipinski definition) is 0. The molecule has 1 nitrogen and oxygen atoms in total. The van der Waals surface area contributed by atoms with E-state index in [0.29, 0.717) is 0 Å². The molecule has 0 unspecified atom stereocenters. The van der Waals surface area contributed by atoms with Crippen LogP contribution in [0.4, 0.5) is 0 Å². The molecule has 0 aliphatic heterocycles. The summed E-state index contributed by atoms with van der Waals surface area (Å²) in [5, 5.41) is 2.91. The predicted octanol–water partition coefficient (Wildman–Crippen LogP) is 4.68. The minimum Gasteiger partial charge on any atom is -0.487 e. The summed E-state index contributed by atoms with van der Waals surface area (Å²) in [6.45, 7) is 0. The zero-order valence-corrected chi connectivity index (χ0v) is 13.6. The molecule has 0 bridgehead atoms. The van der Waals surface area contributed by atoms with Gasteiger partial charge in [0.05, 0.1) is 26.6 Å². The van der Waals surface area contributed by atoms with Crippen LogP contribution in [0.2, 0.25) is 0 Å². The number of methoxy groups -OCH3 is 1. The van der Waals surface area contributed by atoms with Gasteiger partial charge in [-0.15, -0.1) is 22.7 Å². The third kappa shape index (κ3) is 3.77. The van der Waals surface area contributed by atoms with Crippen molar-refractivity contribution in [3.05, 3.63) is 61.3 Å². The van der Waals surface area contributed by atoms with E-state index >= 15 is 0 Å². The maximum absolute atomic E-state index is 5.15. The van der Waals surface area contributed by atoms with E-state index in [9.17, 15) is 0 Å². The third-order valence-electron chi connectivity index (χ3n) is 2.53. The molecule has 0 N–H and O–H groups in total. The van der Waals surface area contributed by atoms with E-state index in [0.717, 1.165) is 24.6 Å². The normalized spacial score (nSPS) is 9.38. The van der Waals surface area contributed by atoms with E-state index in [4.69, 9.17) is 4.74 Å². The lowest BCUT2D eigenvalue weighted by Crippen LogP contribution is -1.73. The minimum absolute atomic E-state index is 0.882. The van der Waals surface area contributed by atoms with Crippen LogP contribution in [0.1, 0.15) is 19.5 Å². The SMILES string of the molecule is COc1ccc(C#Cc2ccc(C#Cc3cccs3)s2)s1. The minimum atomic E-state index is 0.882. The topological polar surface area (TPSA) is 9.23 Å². The molecule has 0 fully saturated rings. The first kappa shape index (κ1) is 14.0. The first-order valence-corrected chi connectivity index (χ1v) is 8.66. The Balaban J connectivity index is 1.73. The van der Waals surface area contributed by atoms with Crippen LogP contribution in [-0.4, -0.2) is 7.11 Å². The predicted molar refractivity (Wildman–Crippen MR) is 91.5 cm³/mol. The smallest absolute Gasteiger partial charge is 0.174 e. The summed E-state index contributed by atoms with van der Waals surface area (Å²) in [5.74, 6) is 12.6. The van der Waals surface area contributed by atoms with Gasteiger partial charge in [0, 0.05) is 0 Å². The van der Waals surface area contributed by atoms with Gasteiger partial charge >= 0.3 is 0 Å². The fraction of sp³-hybridized carbons (Fsp3) is 0.0588. The second-order valence-corrected chi connectivity index (χ2v) is 7.04. The Morgan fingerprint density at radius 2 is 1.38 bits per heavy atom. The highest BCUT2D eigenvalue weighted by Crippen LogP contribution is 2.23. The van der Waals surface area contributed by atoms with Gasteiger partial charge in [-0.3, -0.25) is 0 Å². The third-order valence-corrected chi connectivity index (χ3v) is 5.19. The van der Waals surface area contributed by atoms with Gasteiger partial charge < -0.3 is 4.74 Å². The fourth-order valence-electron chi connectivity index (χ4n) is 1.57. The Hall–Kier alpha value is -1.98. The largest absolute Gasteiger partial charge is 0.487 e. The van der Waals surface area contributed by atoms with Crippen LogP contribution in [0.15, 0.2) is 41.8 Å². The average molecular weight is 326 g/mol. The Kier molecular flexibility index (Phi) is 4.43. The quantitative estimate of drug-likeness (QED) is 0.590. The van der Waals surface area contributed by atoms with E-state index in [1.54, 1.807) is 41.1 Å².